The van der Waals surface area contributed by atoms with Crippen LogP contribution < -0.4 is 16.4 Å². The molecule has 0 unspecified atom stereocenters. The van der Waals surface area contributed by atoms with Gasteiger partial charge in [0.2, 0.25) is 0 Å². The number of hydrogen-bond donors (Lipinski definition) is 3. The van der Waals surface area contributed by atoms with Crippen molar-refractivity contribution in [3.05, 3.63) is 107 Å². The summed E-state index contributed by atoms with van der Waals surface area (Å²) in [6, 6.07) is 21.4. The molecule has 6 rings (SSSR count). The lowest BCUT2D eigenvalue weighted by Gasteiger charge is -2.40. The molecule has 0 radical (unpaired) electrons. The number of nitrogen functional groups attached to an aromatic ring is 1. The first-order chi connectivity index (χ1) is 24.7. The molecule has 14 heteroatoms. The maximum atomic E-state index is 13.1. The molecule has 0 bridgehead atoms. The van der Waals surface area contributed by atoms with Gasteiger partial charge in [-0.15, -0.1) is 0 Å². The van der Waals surface area contributed by atoms with Crippen LogP contribution in [0.4, 0.5) is 41.1 Å². The maximum Gasteiger partial charge on any atom is 0.322 e. The highest BCUT2D eigenvalue weighted by Gasteiger charge is 2.32. The van der Waals surface area contributed by atoms with Crippen LogP contribution in [0.2, 0.25) is 0 Å². The minimum Gasteiger partial charge on any atom is -0.397 e. The van der Waals surface area contributed by atoms with Gasteiger partial charge in [-0.05, 0) is 99.0 Å². The topological polar surface area (TPSA) is 140 Å². The number of carbonyl (C=O) groups excluding carboxylic acids is 2. The van der Waals surface area contributed by atoms with Crippen LogP contribution in [0, 0.1) is 33.6 Å². The summed E-state index contributed by atoms with van der Waals surface area (Å²) in [6.07, 6.45) is 0. The SMILES string of the molecule is C.CN(C)CC1CN(C(=O)Nc2cc(-c3ccc(F)cc3)ccc2N)C1.CN(C)CC1CN(C(=O)Nc2cc(-c3ccc(F)cc3)ccc2[N+](=O)[O-])C1. The van der Waals surface area contributed by atoms with Gasteiger partial charge in [0.1, 0.15) is 17.3 Å². The first kappa shape index (κ1) is 40.2. The molecule has 0 aliphatic carbocycles. The van der Waals surface area contributed by atoms with E-state index in [2.05, 4.69) is 20.4 Å². The quantitative estimate of drug-likeness (QED) is 0.0943. The van der Waals surface area contributed by atoms with E-state index in [9.17, 15) is 28.5 Å². The van der Waals surface area contributed by atoms with Gasteiger partial charge in [-0.3, -0.25) is 10.1 Å². The number of nitrogens with one attached hydrogen (secondary N) is 2. The summed E-state index contributed by atoms with van der Waals surface area (Å²) in [5, 5.41) is 16.8. The first-order valence-electron chi connectivity index (χ1n) is 16.9. The summed E-state index contributed by atoms with van der Waals surface area (Å²) >= 11 is 0. The van der Waals surface area contributed by atoms with E-state index in [0.717, 1.165) is 37.3 Å². The second-order valence-electron chi connectivity index (χ2n) is 13.7. The Hall–Kier alpha value is -5.60. The molecule has 2 aliphatic rings. The molecular weight excluding hydrogens is 682 g/mol. The number of nitrogens with zero attached hydrogens (tertiary/aromatic N) is 5. The average Bonchev–Trinajstić information content (AvgIpc) is 3.05. The Morgan fingerprint density at radius 3 is 1.49 bits per heavy atom. The van der Waals surface area contributed by atoms with Crippen LogP contribution in [-0.2, 0) is 0 Å². The summed E-state index contributed by atoms with van der Waals surface area (Å²) in [5.41, 5.74) is 10.1. The molecular formula is C39H48F2N8O4. The van der Waals surface area contributed by atoms with Gasteiger partial charge in [0, 0.05) is 57.2 Å². The normalized spacial score (nSPS) is 14.0. The maximum absolute atomic E-state index is 13.1. The van der Waals surface area contributed by atoms with Gasteiger partial charge in [0.25, 0.3) is 5.69 Å². The standard InChI is InChI=1S/C19H21FN4O3.C19H23FN4O.CH4/c1-22(2)10-13-11-23(12-13)19(25)21-17-9-15(5-8-18(17)24(26)27)14-3-6-16(20)7-4-14;1-23(2)10-13-11-24(12-13)19(25)22-18-9-15(5-8-17(18)21)14-3-6-16(20)7-4-14;/h3-9,13H,10-12H2,1-2H3,(H,21,25);3-9,13H,10-12,21H2,1-2H3,(H,22,25);1H4. The Morgan fingerprint density at radius 1 is 0.698 bits per heavy atom. The summed E-state index contributed by atoms with van der Waals surface area (Å²) < 4.78 is 26.2. The van der Waals surface area contributed by atoms with E-state index in [-0.39, 0.29) is 42.5 Å². The molecule has 2 aliphatic heterocycles. The van der Waals surface area contributed by atoms with E-state index in [0.29, 0.717) is 47.4 Å². The molecule has 2 saturated heterocycles. The fraction of sp³-hybridized carbons (Fsp3) is 0.333. The van der Waals surface area contributed by atoms with Crippen LogP contribution in [-0.4, -0.2) is 104 Å². The summed E-state index contributed by atoms with van der Waals surface area (Å²) in [7, 11) is 8.02. The van der Waals surface area contributed by atoms with E-state index in [1.165, 1.54) is 30.3 Å². The van der Waals surface area contributed by atoms with Gasteiger partial charge in [-0.2, -0.15) is 0 Å². The van der Waals surface area contributed by atoms with E-state index >= 15 is 0 Å². The van der Waals surface area contributed by atoms with Crippen LogP contribution in [0.5, 0.6) is 0 Å². The number of benzene rings is 4. The van der Waals surface area contributed by atoms with Crippen molar-refractivity contribution in [2.45, 2.75) is 7.43 Å². The van der Waals surface area contributed by atoms with Crippen molar-refractivity contribution >= 4 is 34.8 Å². The van der Waals surface area contributed by atoms with Crippen LogP contribution in [0.15, 0.2) is 84.9 Å². The Bertz CT molecular complexity index is 1880. The highest BCUT2D eigenvalue weighted by molar-refractivity contribution is 5.95. The van der Waals surface area contributed by atoms with E-state index in [1.54, 1.807) is 52.3 Å². The Kier molecular flexibility index (Phi) is 13.5. The van der Waals surface area contributed by atoms with Crippen molar-refractivity contribution in [2.75, 3.05) is 83.8 Å². The highest BCUT2D eigenvalue weighted by atomic mass is 19.1. The lowest BCUT2D eigenvalue weighted by atomic mass is 10.0. The monoisotopic (exact) mass is 730 g/mol. The summed E-state index contributed by atoms with van der Waals surface area (Å²) in [5.74, 6) is 0.284. The molecule has 0 spiro atoms. The number of hydrogen-bond acceptors (Lipinski definition) is 7. The van der Waals surface area contributed by atoms with Crippen LogP contribution in [0.3, 0.4) is 0 Å². The predicted molar refractivity (Wildman–Crippen MR) is 207 cm³/mol. The smallest absolute Gasteiger partial charge is 0.322 e. The molecule has 4 N–H and O–H groups in total. The van der Waals surface area contributed by atoms with Crippen LogP contribution in [0.1, 0.15) is 7.43 Å². The third-order valence-electron chi connectivity index (χ3n) is 8.82. The Labute approximate surface area is 309 Å². The number of amides is 4. The molecule has 2 heterocycles. The average molecular weight is 731 g/mol. The predicted octanol–water partition coefficient (Wildman–Crippen LogP) is 7.16. The van der Waals surface area contributed by atoms with Gasteiger partial charge in [-0.25, -0.2) is 18.4 Å². The van der Waals surface area contributed by atoms with E-state index < -0.39 is 4.92 Å². The molecule has 4 aromatic rings. The van der Waals surface area contributed by atoms with Crippen molar-refractivity contribution in [1.29, 1.82) is 0 Å². The fourth-order valence-corrected chi connectivity index (χ4v) is 6.23. The second kappa shape index (κ2) is 17.8. The zero-order valence-electron chi connectivity index (χ0n) is 29.7. The molecule has 12 nitrogen and oxygen atoms in total. The number of nitro groups is 1. The third kappa shape index (κ3) is 10.7. The fourth-order valence-electron chi connectivity index (χ4n) is 6.23. The zero-order valence-corrected chi connectivity index (χ0v) is 29.7. The van der Waals surface area contributed by atoms with Gasteiger partial charge >= 0.3 is 12.1 Å². The number of carbonyl (C=O) groups is 2. The van der Waals surface area contributed by atoms with Crippen molar-refractivity contribution in [3.8, 4) is 22.3 Å². The number of nitro benzene ring substituents is 1. The molecule has 0 aromatic heterocycles. The molecule has 2 fully saturated rings. The summed E-state index contributed by atoms with van der Waals surface area (Å²) in [6.45, 7) is 4.62. The lowest BCUT2D eigenvalue weighted by Crippen LogP contribution is -2.54. The summed E-state index contributed by atoms with van der Waals surface area (Å²) in [4.78, 5) is 43.2. The number of halogens is 2. The van der Waals surface area contributed by atoms with E-state index in [1.807, 2.05) is 40.3 Å². The lowest BCUT2D eigenvalue weighted by molar-refractivity contribution is -0.383. The largest absolute Gasteiger partial charge is 0.397 e. The van der Waals surface area contributed by atoms with E-state index in [4.69, 9.17) is 5.73 Å². The van der Waals surface area contributed by atoms with Crippen molar-refractivity contribution in [3.63, 3.8) is 0 Å². The second-order valence-corrected chi connectivity index (χ2v) is 13.7. The Morgan fingerprint density at radius 2 is 1.08 bits per heavy atom. The van der Waals surface area contributed by atoms with Gasteiger partial charge < -0.3 is 36.0 Å². The van der Waals surface area contributed by atoms with Gasteiger partial charge in [-0.1, -0.05) is 37.8 Å². The number of rotatable bonds is 9. The van der Waals surface area contributed by atoms with Crippen molar-refractivity contribution < 1.29 is 23.3 Å². The van der Waals surface area contributed by atoms with Crippen LogP contribution in [0.25, 0.3) is 22.3 Å². The minimum absolute atomic E-state index is 0. The van der Waals surface area contributed by atoms with Crippen molar-refractivity contribution in [2.24, 2.45) is 11.8 Å². The van der Waals surface area contributed by atoms with Gasteiger partial charge in [0.15, 0.2) is 0 Å². The molecule has 4 amide bonds. The molecule has 0 atom stereocenters. The number of likely N-dealkylation sites (tertiary alicyclic amines) is 2. The number of urea groups is 2. The van der Waals surface area contributed by atoms with Gasteiger partial charge in [0.05, 0.1) is 16.3 Å². The number of anilines is 3. The number of nitrogens with two attached hydrogens (primary N) is 1. The minimum atomic E-state index is -0.533. The third-order valence-corrected chi connectivity index (χ3v) is 8.82. The van der Waals surface area contributed by atoms with Crippen molar-refractivity contribution in [1.82, 2.24) is 19.6 Å². The first-order valence-corrected chi connectivity index (χ1v) is 16.9. The zero-order chi connectivity index (χ0) is 37.5. The molecule has 282 valence electrons. The highest BCUT2D eigenvalue weighted by Crippen LogP contribution is 2.32. The molecule has 0 saturated carbocycles. The van der Waals surface area contributed by atoms with Crippen LogP contribution >= 0.6 is 0 Å². The Balaban J connectivity index is 0.000000233. The molecule has 4 aromatic carbocycles. The molecule has 53 heavy (non-hydrogen) atoms.